The lowest BCUT2D eigenvalue weighted by Gasteiger charge is -2.34. The van der Waals surface area contributed by atoms with Crippen molar-refractivity contribution in [3.8, 4) is 0 Å². The Bertz CT molecular complexity index is 700. The number of rotatable bonds is 3. The summed E-state index contributed by atoms with van der Waals surface area (Å²) >= 11 is 1.59. The number of aromatic nitrogens is 1. The number of likely N-dealkylation sites (tertiary alicyclic amines) is 1. The Labute approximate surface area is 139 Å². The van der Waals surface area contributed by atoms with E-state index >= 15 is 0 Å². The molecule has 2 heterocycles. The summed E-state index contributed by atoms with van der Waals surface area (Å²) in [5.74, 6) is -0.0141. The fourth-order valence-corrected chi connectivity index (χ4v) is 3.63. The van der Waals surface area contributed by atoms with Crippen LogP contribution < -0.4 is 5.32 Å². The van der Waals surface area contributed by atoms with Gasteiger partial charge in [0.2, 0.25) is 0 Å². The van der Waals surface area contributed by atoms with Gasteiger partial charge in [0, 0.05) is 29.4 Å². The Kier molecular flexibility index (Phi) is 4.71. The van der Waals surface area contributed by atoms with Crippen molar-refractivity contribution in [3.05, 3.63) is 46.4 Å². The molecular weight excluding hydrogens is 310 g/mol. The van der Waals surface area contributed by atoms with Gasteiger partial charge in [-0.25, -0.2) is 9.78 Å². The third kappa shape index (κ3) is 3.59. The van der Waals surface area contributed by atoms with E-state index in [4.69, 9.17) is 0 Å². The molecule has 120 valence electrons. The summed E-state index contributed by atoms with van der Waals surface area (Å²) in [7, 11) is 0. The normalized spacial score (nSPS) is 17.8. The molecule has 1 aliphatic heterocycles. The molecule has 23 heavy (non-hydrogen) atoms. The quantitative estimate of drug-likeness (QED) is 0.862. The van der Waals surface area contributed by atoms with Crippen LogP contribution in [-0.2, 0) is 0 Å². The predicted molar refractivity (Wildman–Crippen MR) is 90.9 cm³/mol. The topological polar surface area (TPSA) is 62.3 Å². The molecule has 1 aromatic carbocycles. The number of thiazole rings is 1. The second-order valence-electron chi connectivity index (χ2n) is 5.64. The monoisotopic (exact) mass is 329 g/mol. The maximum atomic E-state index is 12.7. The first kappa shape index (κ1) is 15.7. The average molecular weight is 329 g/mol. The molecule has 0 saturated carbocycles. The summed E-state index contributed by atoms with van der Waals surface area (Å²) in [5, 5.41) is 5.83. The highest BCUT2D eigenvalue weighted by Crippen LogP contribution is 2.32. The lowest BCUT2D eigenvalue weighted by atomic mass is 10.0. The van der Waals surface area contributed by atoms with Gasteiger partial charge in [0.1, 0.15) is 5.01 Å². The number of nitrogens with one attached hydrogen (secondary N) is 1. The molecule has 2 aromatic rings. The van der Waals surface area contributed by atoms with E-state index in [2.05, 4.69) is 10.3 Å². The van der Waals surface area contributed by atoms with Crippen LogP contribution in [0.2, 0.25) is 0 Å². The zero-order valence-electron chi connectivity index (χ0n) is 13.0. The summed E-state index contributed by atoms with van der Waals surface area (Å²) < 4.78 is 0. The molecule has 0 aliphatic carbocycles. The van der Waals surface area contributed by atoms with Crippen LogP contribution in [0.5, 0.6) is 0 Å². The second-order valence-corrected chi connectivity index (χ2v) is 6.57. The first-order valence-corrected chi connectivity index (χ1v) is 8.61. The third-order valence-corrected chi connectivity index (χ3v) is 4.90. The van der Waals surface area contributed by atoms with Gasteiger partial charge in [-0.2, -0.15) is 0 Å². The van der Waals surface area contributed by atoms with E-state index in [0.717, 1.165) is 30.8 Å². The number of hydrogen-bond donors (Lipinski definition) is 1. The van der Waals surface area contributed by atoms with Crippen molar-refractivity contribution in [2.45, 2.75) is 32.2 Å². The SMILES string of the molecule is CC(=O)c1cccc(NC(=O)N2CCCC[C@@H]2c2nccs2)c1. The van der Waals surface area contributed by atoms with Gasteiger partial charge >= 0.3 is 6.03 Å². The molecular formula is C17H19N3O2S. The maximum Gasteiger partial charge on any atom is 0.322 e. The number of carbonyl (C=O) groups is 2. The molecule has 1 N–H and O–H groups in total. The van der Waals surface area contributed by atoms with Crippen molar-refractivity contribution in [2.24, 2.45) is 0 Å². The molecule has 3 rings (SSSR count). The first-order chi connectivity index (χ1) is 11.1. The van der Waals surface area contributed by atoms with Gasteiger partial charge in [-0.15, -0.1) is 11.3 Å². The lowest BCUT2D eigenvalue weighted by molar-refractivity contribution is 0.101. The zero-order chi connectivity index (χ0) is 16.2. The second kappa shape index (κ2) is 6.91. The van der Waals surface area contributed by atoms with E-state index in [0.29, 0.717) is 11.3 Å². The molecule has 1 fully saturated rings. The van der Waals surface area contributed by atoms with Crippen molar-refractivity contribution in [2.75, 3.05) is 11.9 Å². The number of hydrogen-bond acceptors (Lipinski definition) is 4. The van der Waals surface area contributed by atoms with Gasteiger partial charge in [-0.1, -0.05) is 12.1 Å². The van der Waals surface area contributed by atoms with Crippen molar-refractivity contribution in [1.82, 2.24) is 9.88 Å². The number of Topliss-reactive ketones (excluding diaryl/α,β-unsaturated/α-hetero) is 1. The smallest absolute Gasteiger partial charge is 0.315 e. The van der Waals surface area contributed by atoms with E-state index in [1.807, 2.05) is 10.3 Å². The van der Waals surface area contributed by atoms with E-state index < -0.39 is 0 Å². The van der Waals surface area contributed by atoms with Gasteiger partial charge in [0.15, 0.2) is 5.78 Å². The fourth-order valence-electron chi connectivity index (χ4n) is 2.84. The number of benzene rings is 1. The summed E-state index contributed by atoms with van der Waals surface area (Å²) in [6.07, 6.45) is 4.83. The maximum absolute atomic E-state index is 12.7. The molecule has 0 spiro atoms. The van der Waals surface area contributed by atoms with Crippen LogP contribution in [0.3, 0.4) is 0 Å². The van der Waals surface area contributed by atoms with E-state index in [1.165, 1.54) is 6.92 Å². The lowest BCUT2D eigenvalue weighted by Crippen LogP contribution is -2.41. The van der Waals surface area contributed by atoms with Crippen molar-refractivity contribution >= 4 is 28.8 Å². The molecule has 1 atom stereocenters. The molecule has 0 bridgehead atoms. The Morgan fingerprint density at radius 3 is 2.96 bits per heavy atom. The van der Waals surface area contributed by atoms with Crippen LogP contribution >= 0.6 is 11.3 Å². The van der Waals surface area contributed by atoms with Gasteiger partial charge in [-0.3, -0.25) is 4.79 Å². The van der Waals surface area contributed by atoms with E-state index in [1.54, 1.807) is 41.8 Å². The summed E-state index contributed by atoms with van der Waals surface area (Å²) in [6, 6.07) is 6.94. The number of urea groups is 1. The van der Waals surface area contributed by atoms with Crippen molar-refractivity contribution < 1.29 is 9.59 Å². The number of nitrogens with zero attached hydrogens (tertiary/aromatic N) is 2. The Morgan fingerprint density at radius 2 is 2.22 bits per heavy atom. The van der Waals surface area contributed by atoms with Gasteiger partial charge in [-0.05, 0) is 38.3 Å². The van der Waals surface area contributed by atoms with E-state index in [-0.39, 0.29) is 17.9 Å². The first-order valence-electron chi connectivity index (χ1n) is 7.73. The minimum atomic E-state index is -0.134. The zero-order valence-corrected chi connectivity index (χ0v) is 13.8. The number of piperidine rings is 1. The minimum absolute atomic E-state index is 0.0141. The van der Waals surface area contributed by atoms with Gasteiger partial charge < -0.3 is 10.2 Å². The number of ketones is 1. The molecule has 6 heteroatoms. The molecule has 0 unspecified atom stereocenters. The number of amides is 2. The third-order valence-electron chi connectivity index (χ3n) is 4.02. The average Bonchev–Trinajstić information content (AvgIpc) is 3.09. The molecule has 2 amide bonds. The Balaban J connectivity index is 1.76. The number of anilines is 1. The molecule has 1 aromatic heterocycles. The van der Waals surface area contributed by atoms with Crippen LogP contribution in [0.15, 0.2) is 35.8 Å². The highest BCUT2D eigenvalue weighted by Gasteiger charge is 2.29. The van der Waals surface area contributed by atoms with E-state index in [9.17, 15) is 9.59 Å². The van der Waals surface area contributed by atoms with Gasteiger partial charge in [0.25, 0.3) is 0 Å². The summed E-state index contributed by atoms with van der Waals surface area (Å²) in [5.41, 5.74) is 1.24. The largest absolute Gasteiger partial charge is 0.322 e. The molecule has 0 radical (unpaired) electrons. The van der Waals surface area contributed by atoms with Crippen LogP contribution in [0.1, 0.15) is 47.6 Å². The Hall–Kier alpha value is -2.21. The van der Waals surface area contributed by atoms with Crippen LogP contribution in [0, 0.1) is 0 Å². The fraction of sp³-hybridized carbons (Fsp3) is 0.353. The van der Waals surface area contributed by atoms with Crippen molar-refractivity contribution in [3.63, 3.8) is 0 Å². The van der Waals surface area contributed by atoms with Crippen LogP contribution in [0.25, 0.3) is 0 Å². The number of carbonyl (C=O) groups excluding carboxylic acids is 2. The molecule has 1 saturated heterocycles. The minimum Gasteiger partial charge on any atom is -0.315 e. The highest BCUT2D eigenvalue weighted by atomic mass is 32.1. The molecule has 5 nitrogen and oxygen atoms in total. The standard InChI is InChI=1S/C17H19N3O2S/c1-12(21)13-5-4-6-14(11-13)19-17(22)20-9-3-2-7-15(20)16-18-8-10-23-16/h4-6,8,10-11,15H,2-3,7,9H2,1H3,(H,19,22)/t15-/m1/s1. The summed E-state index contributed by atoms with van der Waals surface area (Å²) in [4.78, 5) is 30.3. The highest BCUT2D eigenvalue weighted by molar-refractivity contribution is 7.09. The predicted octanol–water partition coefficient (Wildman–Crippen LogP) is 4.10. The Morgan fingerprint density at radius 1 is 1.35 bits per heavy atom. The molecule has 1 aliphatic rings. The van der Waals surface area contributed by atoms with Gasteiger partial charge in [0.05, 0.1) is 6.04 Å². The van der Waals surface area contributed by atoms with Crippen LogP contribution in [-0.4, -0.2) is 28.2 Å². The summed E-state index contributed by atoms with van der Waals surface area (Å²) in [6.45, 7) is 2.24. The van der Waals surface area contributed by atoms with Crippen LogP contribution in [0.4, 0.5) is 10.5 Å². The van der Waals surface area contributed by atoms with Crippen molar-refractivity contribution in [1.29, 1.82) is 0 Å².